The first kappa shape index (κ1) is 78.8. The average Bonchev–Trinajstić information content (AvgIpc) is 1.73. The lowest BCUT2D eigenvalue weighted by Crippen LogP contribution is -2.60. The van der Waals surface area contributed by atoms with Gasteiger partial charge < -0.3 is 68.1 Å². The summed E-state index contributed by atoms with van der Waals surface area (Å²) in [6, 6.07) is 6.52. The lowest BCUT2D eigenvalue weighted by molar-refractivity contribution is -0.147. The number of nitrogens with zero attached hydrogens (tertiary/aromatic N) is 5. The molecule has 6 rings (SSSR count). The topological polar surface area (TPSA) is 392 Å². The molecule has 3 fully saturated rings. The molecule has 1 unspecified atom stereocenters. The first-order chi connectivity index (χ1) is 46.4. The molecule has 3 saturated heterocycles. The van der Waals surface area contributed by atoms with Crippen molar-refractivity contribution in [2.24, 2.45) is 11.7 Å². The standard InChI is InChI=1S/C66H99N13O15S3/c1-5-6-20-69-66(94)73-50-41-97-40-47-32-45(38-95-30-21-68-55(81)19-17-53(65(92)93)77-28-26-75(35-56(82)83)24-25-76(27-29-77)36-57(84)85)31-46(33-47)39-96-37-43(4)70-60(87)49(34-44-12-8-7-9-13-44)72-59(86)48(16-18-54(67)80)71-62(89)58(42(2)3)74-61(88)51-14-10-22-78(51)64(91)52-15-11-23-79(52)63(50)90/h7-9,12-13,31-33,42-43,48-53,58H,5-6,10-11,14-30,34-41H2,1-4H3,(H2,67,80)(H,68,81)(H,70,87)(H,71,89)(H,72,86)(H,74,88)(H,82,83)(H,84,85)(H,92,93)(H2,69,73,94)/t43-,48+,49+,50+,51+,52+,53?,58+/m1/s1. The van der Waals surface area contributed by atoms with Crippen molar-refractivity contribution >= 4 is 106 Å². The van der Waals surface area contributed by atoms with E-state index in [-0.39, 0.29) is 122 Å². The van der Waals surface area contributed by atoms with Crippen molar-refractivity contribution in [3.05, 3.63) is 70.8 Å². The highest BCUT2D eigenvalue weighted by molar-refractivity contribution is 7.99. The van der Waals surface area contributed by atoms with Gasteiger partial charge in [0.05, 0.1) is 13.1 Å². The van der Waals surface area contributed by atoms with Crippen LogP contribution in [0.15, 0.2) is 48.5 Å². The van der Waals surface area contributed by atoms with Gasteiger partial charge in [0.25, 0.3) is 0 Å². The van der Waals surface area contributed by atoms with Crippen molar-refractivity contribution in [2.45, 2.75) is 164 Å². The van der Waals surface area contributed by atoms with Crippen molar-refractivity contribution < 1.29 is 72.9 Å². The third-order valence-electron chi connectivity index (χ3n) is 17.3. The normalized spacial score (nSPS) is 23.3. The van der Waals surface area contributed by atoms with Crippen LogP contribution in [0.1, 0.15) is 114 Å². The number of carbonyl (C=O) groups is 12. The van der Waals surface area contributed by atoms with Crippen LogP contribution in [0.5, 0.6) is 0 Å². The minimum atomic E-state index is -1.37. The molecule has 4 heterocycles. The Morgan fingerprint density at radius 1 is 0.670 bits per heavy atom. The molecular formula is C66H99N13O15S3. The van der Waals surface area contributed by atoms with E-state index in [1.807, 2.05) is 32.0 Å². The van der Waals surface area contributed by atoms with E-state index in [1.54, 1.807) is 64.2 Å². The van der Waals surface area contributed by atoms with E-state index in [4.69, 9.17) is 5.73 Å². The fourth-order valence-electron chi connectivity index (χ4n) is 12.2. The molecule has 10 amide bonds. The quantitative estimate of drug-likeness (QED) is 0.0662. The maximum absolute atomic E-state index is 14.8. The van der Waals surface area contributed by atoms with Gasteiger partial charge in [0.2, 0.25) is 47.3 Å². The number of fused-ring (bicyclic) bond motifs is 4. The van der Waals surface area contributed by atoms with E-state index in [1.165, 1.54) is 21.6 Å². The molecule has 97 heavy (non-hydrogen) atoms. The van der Waals surface area contributed by atoms with Gasteiger partial charge in [-0.2, -0.15) is 35.3 Å². The molecule has 0 aliphatic carbocycles. The Labute approximate surface area is 580 Å². The number of amides is 10. The fourth-order valence-corrected chi connectivity index (χ4v) is 15.0. The number of carboxylic acids is 3. The van der Waals surface area contributed by atoms with Crippen LogP contribution in [-0.4, -0.2) is 255 Å². The third kappa shape index (κ3) is 26.5. The number of rotatable bonds is 24. The van der Waals surface area contributed by atoms with Gasteiger partial charge in [0, 0.05) is 125 Å². The Morgan fingerprint density at radius 2 is 1.27 bits per heavy atom. The van der Waals surface area contributed by atoms with E-state index in [0.29, 0.717) is 61.0 Å². The summed E-state index contributed by atoms with van der Waals surface area (Å²) in [7, 11) is 0. The smallest absolute Gasteiger partial charge is 0.320 e. The van der Waals surface area contributed by atoms with Crippen molar-refractivity contribution in [2.75, 3.05) is 95.8 Å². The molecule has 0 aromatic heterocycles. The summed E-state index contributed by atoms with van der Waals surface area (Å²) in [5.74, 6) is -5.84. The minimum Gasteiger partial charge on any atom is -0.480 e. The van der Waals surface area contributed by atoms with Crippen LogP contribution in [0.4, 0.5) is 4.79 Å². The molecule has 12 N–H and O–H groups in total. The molecule has 4 aliphatic rings. The molecule has 536 valence electrons. The summed E-state index contributed by atoms with van der Waals surface area (Å²) in [6.45, 7) is 9.22. The van der Waals surface area contributed by atoms with Crippen LogP contribution < -0.4 is 43.0 Å². The van der Waals surface area contributed by atoms with E-state index < -0.39 is 120 Å². The molecular weight excluding hydrogens is 1310 g/mol. The zero-order valence-corrected chi connectivity index (χ0v) is 58.5. The Kier molecular flexibility index (Phi) is 33.0. The molecule has 4 aliphatic heterocycles. The number of carboxylic acid groups (broad SMARTS) is 3. The number of nitrogens with two attached hydrogens (primary N) is 1. The largest absolute Gasteiger partial charge is 0.480 e. The summed E-state index contributed by atoms with van der Waals surface area (Å²) in [5, 5.41) is 49.4. The zero-order valence-electron chi connectivity index (χ0n) is 56.1. The highest BCUT2D eigenvalue weighted by Gasteiger charge is 2.45. The number of thioether (sulfide) groups is 3. The maximum atomic E-state index is 14.8. The fraction of sp³-hybridized carbons (Fsp3) is 0.636. The molecule has 28 nitrogen and oxygen atoms in total. The van der Waals surface area contributed by atoms with Gasteiger partial charge in [-0.25, -0.2) is 4.79 Å². The van der Waals surface area contributed by atoms with E-state index >= 15 is 0 Å². The summed E-state index contributed by atoms with van der Waals surface area (Å²) in [5.41, 5.74) is 9.14. The Hall–Kier alpha value is -7.19. The summed E-state index contributed by atoms with van der Waals surface area (Å²) >= 11 is 4.56. The molecule has 0 saturated carbocycles. The number of aliphatic carboxylic acids is 3. The highest BCUT2D eigenvalue weighted by atomic mass is 32.2. The summed E-state index contributed by atoms with van der Waals surface area (Å²) < 4.78 is 0. The van der Waals surface area contributed by atoms with Gasteiger partial charge in [0.1, 0.15) is 42.3 Å². The Morgan fingerprint density at radius 3 is 1.88 bits per heavy atom. The predicted molar refractivity (Wildman–Crippen MR) is 370 cm³/mol. The Bertz CT molecular complexity index is 3000. The van der Waals surface area contributed by atoms with Crippen LogP contribution in [0.2, 0.25) is 0 Å². The van der Waals surface area contributed by atoms with Gasteiger partial charge in [-0.15, -0.1) is 0 Å². The molecule has 0 radical (unpaired) electrons. The van der Waals surface area contributed by atoms with Crippen molar-refractivity contribution in [1.82, 2.24) is 61.7 Å². The number of unbranched alkanes of at least 4 members (excludes halogenated alkanes) is 1. The minimum absolute atomic E-state index is 0.0336. The van der Waals surface area contributed by atoms with E-state index in [9.17, 15) is 72.9 Å². The number of hydrogen-bond donors (Lipinski definition) is 11. The number of nitrogens with one attached hydrogen (secondary N) is 7. The number of benzene rings is 2. The molecule has 31 heteroatoms. The lowest BCUT2D eigenvalue weighted by Gasteiger charge is -2.33. The number of carbonyl (C=O) groups excluding carboxylic acids is 9. The second-order valence-corrected chi connectivity index (χ2v) is 28.7. The number of urea groups is 1. The van der Waals surface area contributed by atoms with Crippen LogP contribution in [0.25, 0.3) is 0 Å². The van der Waals surface area contributed by atoms with Crippen LogP contribution in [0.3, 0.4) is 0 Å². The predicted octanol–water partition coefficient (Wildman–Crippen LogP) is 1.41. The average molecular weight is 1410 g/mol. The van der Waals surface area contributed by atoms with Gasteiger partial charge >= 0.3 is 23.9 Å². The zero-order chi connectivity index (χ0) is 70.6. The van der Waals surface area contributed by atoms with Crippen LogP contribution >= 0.6 is 35.3 Å². The maximum Gasteiger partial charge on any atom is 0.320 e. The molecule has 2 bridgehead atoms. The van der Waals surface area contributed by atoms with E-state index in [2.05, 4.69) is 55.4 Å². The molecule has 0 spiro atoms. The summed E-state index contributed by atoms with van der Waals surface area (Å²) in [6.07, 6.45) is 2.51. The van der Waals surface area contributed by atoms with Crippen molar-refractivity contribution in [3.63, 3.8) is 0 Å². The molecule has 8 atom stereocenters. The molecule has 2 aromatic carbocycles. The lowest BCUT2D eigenvalue weighted by atomic mass is 10.0. The van der Waals surface area contributed by atoms with Crippen LogP contribution in [0, 0.1) is 5.92 Å². The van der Waals surface area contributed by atoms with Gasteiger partial charge in [-0.3, -0.25) is 67.4 Å². The van der Waals surface area contributed by atoms with Gasteiger partial charge in [-0.1, -0.05) is 75.7 Å². The van der Waals surface area contributed by atoms with Crippen molar-refractivity contribution in [1.29, 1.82) is 0 Å². The monoisotopic (exact) mass is 1410 g/mol. The highest BCUT2D eigenvalue weighted by Crippen LogP contribution is 2.29. The Balaban J connectivity index is 1.22. The first-order valence-corrected chi connectivity index (χ1v) is 37.0. The third-order valence-corrected chi connectivity index (χ3v) is 20.7. The second-order valence-electron chi connectivity index (χ2n) is 25.5. The summed E-state index contributed by atoms with van der Waals surface area (Å²) in [4.78, 5) is 170. The van der Waals surface area contributed by atoms with E-state index in [0.717, 1.165) is 28.7 Å². The van der Waals surface area contributed by atoms with Gasteiger partial charge in [0.15, 0.2) is 0 Å². The van der Waals surface area contributed by atoms with Crippen LogP contribution in [-0.2, 0) is 76.4 Å². The van der Waals surface area contributed by atoms with Gasteiger partial charge in [-0.05, 0) is 80.0 Å². The van der Waals surface area contributed by atoms with Crippen molar-refractivity contribution in [3.8, 4) is 0 Å². The first-order valence-electron chi connectivity index (χ1n) is 33.5. The number of primary amides is 1. The molecule has 2 aromatic rings. The number of hydrogen-bond acceptors (Lipinski definition) is 18. The second kappa shape index (κ2) is 40.6. The SMILES string of the molecule is CCCCNC(=O)N[C@H]1CSCc2cc(CSCCNC(=O)CCC(C(=O)O)N3CCN(CC(=O)O)CCN(CC(=O)O)CC3)cc(c2)CSC[C@@H](C)NC(=O)[C@H](Cc2ccccc2)NC(=O)[C@H](CCC(N)=O)NC(=O)[C@H](C(C)C)NC(=O)[C@@H]2CCCN2C(=O)[C@@H]2CCCN2C1=O.